The molecule has 0 saturated heterocycles. The number of aliphatic hydroxyl groups excluding tert-OH is 1. The maximum Gasteiger partial charge on any atom is 0.279 e. The predicted octanol–water partition coefficient (Wildman–Crippen LogP) is -2.34. The molecule has 0 amide bonds. The maximum absolute atomic E-state index is 9.17. The second kappa shape index (κ2) is 4.88. The van der Waals surface area contributed by atoms with Crippen LogP contribution in [0.4, 0.5) is 0 Å². The number of aromatic nitrogens is 1. The van der Waals surface area contributed by atoms with E-state index in [0.717, 1.165) is 0 Å². The highest BCUT2D eigenvalue weighted by atomic mass is 35.5. The van der Waals surface area contributed by atoms with Gasteiger partial charge in [0.2, 0.25) is 0 Å². The van der Waals surface area contributed by atoms with E-state index in [1.165, 1.54) is 6.08 Å². The quantitative estimate of drug-likeness (QED) is 0.391. The van der Waals surface area contributed by atoms with Crippen LogP contribution in [-0.4, -0.2) is 5.11 Å². The molecule has 0 saturated carbocycles. The van der Waals surface area contributed by atoms with Crippen molar-refractivity contribution in [1.29, 1.82) is 0 Å². The molecule has 60 valence electrons. The van der Waals surface area contributed by atoms with Gasteiger partial charge in [-0.05, 0) is 0 Å². The number of hydrogen-bond acceptors (Lipinski definition) is 1. The van der Waals surface area contributed by atoms with Crippen LogP contribution in [0.2, 0.25) is 0 Å². The fourth-order valence-electron chi connectivity index (χ4n) is 0.710. The molecular weight excluding hydrogens is 162 g/mol. The van der Waals surface area contributed by atoms with Crippen LogP contribution in [0.3, 0.4) is 0 Å². The second-order valence-corrected chi connectivity index (χ2v) is 1.97. The smallest absolute Gasteiger partial charge is 0.279 e. The minimum atomic E-state index is -0.610. The molecule has 0 aromatic carbocycles. The molecule has 0 spiro atoms. The molecule has 1 aromatic heterocycles. The standard InChI is InChI=1S/C8H10NO.ClH/c1-2-8(10)9-6-4-3-5-7-9;/h2-8,10H,1H2;1H/q+1;/p-1. The van der Waals surface area contributed by atoms with Gasteiger partial charge >= 0.3 is 0 Å². The Kier molecular flexibility index (Phi) is 4.50. The van der Waals surface area contributed by atoms with Crippen LogP contribution in [0.15, 0.2) is 43.2 Å². The lowest BCUT2D eigenvalue weighted by atomic mass is 10.4. The summed E-state index contributed by atoms with van der Waals surface area (Å²) in [5, 5.41) is 9.17. The molecule has 1 heterocycles. The third kappa shape index (κ3) is 2.70. The van der Waals surface area contributed by atoms with Crippen LogP contribution < -0.4 is 17.0 Å². The van der Waals surface area contributed by atoms with E-state index < -0.39 is 6.23 Å². The first kappa shape index (κ1) is 10.1. The molecule has 0 aliphatic rings. The third-order valence-corrected chi connectivity index (χ3v) is 1.25. The fraction of sp³-hybridized carbons (Fsp3) is 0.125. The molecule has 2 nitrogen and oxygen atoms in total. The third-order valence-electron chi connectivity index (χ3n) is 1.25. The van der Waals surface area contributed by atoms with Crippen molar-refractivity contribution in [1.82, 2.24) is 0 Å². The number of nitrogens with zero attached hydrogens (tertiary/aromatic N) is 1. The van der Waals surface area contributed by atoms with Crippen LogP contribution in [0, 0.1) is 0 Å². The van der Waals surface area contributed by atoms with Crippen molar-refractivity contribution in [2.45, 2.75) is 6.23 Å². The highest BCUT2D eigenvalue weighted by molar-refractivity contribution is 4.84. The monoisotopic (exact) mass is 171 g/mol. The van der Waals surface area contributed by atoms with E-state index in [1.807, 2.05) is 18.2 Å². The average Bonchev–Trinajstić information content (AvgIpc) is 2.05. The van der Waals surface area contributed by atoms with Gasteiger partial charge in [-0.25, -0.2) is 0 Å². The summed E-state index contributed by atoms with van der Waals surface area (Å²) in [6.45, 7) is 3.47. The van der Waals surface area contributed by atoms with Gasteiger partial charge in [0.25, 0.3) is 6.23 Å². The van der Waals surface area contributed by atoms with Gasteiger partial charge in [-0.1, -0.05) is 12.6 Å². The van der Waals surface area contributed by atoms with Gasteiger partial charge in [0, 0.05) is 18.2 Å². The molecule has 0 bridgehead atoms. The predicted molar refractivity (Wildman–Crippen MR) is 38.1 cm³/mol. The van der Waals surface area contributed by atoms with E-state index in [-0.39, 0.29) is 12.4 Å². The number of pyridine rings is 1. The summed E-state index contributed by atoms with van der Waals surface area (Å²) in [4.78, 5) is 0. The summed E-state index contributed by atoms with van der Waals surface area (Å²) < 4.78 is 1.66. The molecule has 0 radical (unpaired) electrons. The summed E-state index contributed by atoms with van der Waals surface area (Å²) in [6, 6.07) is 5.60. The minimum absolute atomic E-state index is 0. The molecule has 1 N–H and O–H groups in total. The molecule has 11 heavy (non-hydrogen) atoms. The minimum Gasteiger partial charge on any atom is -1.00 e. The highest BCUT2D eigenvalue weighted by Crippen LogP contribution is 1.88. The van der Waals surface area contributed by atoms with Crippen molar-refractivity contribution in [2.24, 2.45) is 0 Å². The van der Waals surface area contributed by atoms with E-state index in [1.54, 1.807) is 17.0 Å². The van der Waals surface area contributed by atoms with Crippen LogP contribution in [-0.2, 0) is 0 Å². The second-order valence-electron chi connectivity index (χ2n) is 1.97. The summed E-state index contributed by atoms with van der Waals surface area (Å²) >= 11 is 0. The van der Waals surface area contributed by atoms with Gasteiger partial charge in [-0.2, -0.15) is 4.57 Å². The van der Waals surface area contributed by atoms with Crippen molar-refractivity contribution < 1.29 is 22.1 Å². The zero-order valence-electron chi connectivity index (χ0n) is 6.02. The van der Waals surface area contributed by atoms with Crippen molar-refractivity contribution in [3.8, 4) is 0 Å². The molecule has 0 aliphatic heterocycles. The van der Waals surface area contributed by atoms with Gasteiger partial charge in [0.15, 0.2) is 12.4 Å². The average molecular weight is 172 g/mol. The number of halogens is 1. The topological polar surface area (TPSA) is 24.1 Å². The molecule has 1 rings (SSSR count). The van der Waals surface area contributed by atoms with E-state index in [2.05, 4.69) is 6.58 Å². The van der Waals surface area contributed by atoms with Crippen LogP contribution in [0.25, 0.3) is 0 Å². The summed E-state index contributed by atoms with van der Waals surface area (Å²) in [6.07, 6.45) is 4.43. The molecule has 3 heteroatoms. The fourth-order valence-corrected chi connectivity index (χ4v) is 0.710. The maximum atomic E-state index is 9.17. The number of aliphatic hydroxyl groups is 1. The normalized spacial score (nSPS) is 11.4. The lowest BCUT2D eigenvalue weighted by Gasteiger charge is -1.96. The Morgan fingerprint density at radius 3 is 2.27 bits per heavy atom. The van der Waals surface area contributed by atoms with Crippen molar-refractivity contribution >= 4 is 0 Å². The Hall–Kier alpha value is -0.860. The van der Waals surface area contributed by atoms with Crippen LogP contribution in [0.1, 0.15) is 6.23 Å². The first-order valence-electron chi connectivity index (χ1n) is 3.11. The Morgan fingerprint density at radius 1 is 1.27 bits per heavy atom. The summed E-state index contributed by atoms with van der Waals surface area (Å²) in [7, 11) is 0. The van der Waals surface area contributed by atoms with Gasteiger partial charge in [-0.15, -0.1) is 0 Å². The molecule has 1 atom stereocenters. The van der Waals surface area contributed by atoms with Crippen molar-refractivity contribution in [3.63, 3.8) is 0 Å². The molecule has 0 aliphatic carbocycles. The Morgan fingerprint density at radius 2 is 1.82 bits per heavy atom. The molecule has 0 fully saturated rings. The summed E-state index contributed by atoms with van der Waals surface area (Å²) in [5.74, 6) is 0. The van der Waals surface area contributed by atoms with Crippen LogP contribution in [0.5, 0.6) is 0 Å². The lowest BCUT2D eigenvalue weighted by Crippen LogP contribution is -3.00. The Labute approximate surface area is 72.2 Å². The number of rotatable bonds is 2. The zero-order valence-corrected chi connectivity index (χ0v) is 6.78. The number of hydrogen-bond donors (Lipinski definition) is 1. The van der Waals surface area contributed by atoms with Crippen LogP contribution >= 0.6 is 0 Å². The molecule has 1 aromatic rings. The highest BCUT2D eigenvalue weighted by Gasteiger charge is 2.05. The largest absolute Gasteiger partial charge is 1.00 e. The van der Waals surface area contributed by atoms with Gasteiger partial charge in [0.05, 0.1) is 0 Å². The zero-order chi connectivity index (χ0) is 7.40. The van der Waals surface area contributed by atoms with E-state index in [0.29, 0.717) is 0 Å². The Bertz CT molecular complexity index is 213. The van der Waals surface area contributed by atoms with Gasteiger partial charge in [0.1, 0.15) is 0 Å². The molecular formula is C8H10ClNO. The van der Waals surface area contributed by atoms with Gasteiger partial charge < -0.3 is 17.5 Å². The SMILES string of the molecule is C=CC(O)[n+]1ccccc1.[Cl-]. The van der Waals surface area contributed by atoms with E-state index in [4.69, 9.17) is 0 Å². The van der Waals surface area contributed by atoms with E-state index >= 15 is 0 Å². The van der Waals surface area contributed by atoms with E-state index in [9.17, 15) is 5.11 Å². The van der Waals surface area contributed by atoms with Crippen molar-refractivity contribution in [3.05, 3.63) is 43.2 Å². The molecule has 1 unspecified atom stereocenters. The lowest BCUT2D eigenvalue weighted by molar-refractivity contribution is -0.747. The summed E-state index contributed by atoms with van der Waals surface area (Å²) in [5.41, 5.74) is 0. The Balaban J connectivity index is 0.000001000. The first-order valence-corrected chi connectivity index (χ1v) is 3.11. The van der Waals surface area contributed by atoms with Crippen molar-refractivity contribution in [2.75, 3.05) is 0 Å². The van der Waals surface area contributed by atoms with Gasteiger partial charge in [-0.3, -0.25) is 0 Å². The first-order chi connectivity index (χ1) is 4.84.